The summed E-state index contributed by atoms with van der Waals surface area (Å²) in [6, 6.07) is 17.0. The van der Waals surface area contributed by atoms with Crippen LogP contribution in [-0.2, 0) is 27.1 Å². The zero-order valence-corrected chi connectivity index (χ0v) is 18.4. The van der Waals surface area contributed by atoms with Gasteiger partial charge in [0.1, 0.15) is 12.4 Å². The molecule has 0 atom stereocenters. The Labute approximate surface area is 193 Å². The number of carbonyl (C=O) groups is 1. The number of hydrazine groups is 1. The molecule has 3 heterocycles. The third kappa shape index (κ3) is 3.44. The van der Waals surface area contributed by atoms with E-state index in [1.54, 1.807) is 0 Å². The van der Waals surface area contributed by atoms with Crippen molar-refractivity contribution in [2.24, 2.45) is 0 Å². The molecule has 33 heavy (non-hydrogen) atoms. The van der Waals surface area contributed by atoms with Gasteiger partial charge in [0.05, 0.1) is 38.6 Å². The molecular formula is C26H27N3O4. The van der Waals surface area contributed by atoms with Crippen molar-refractivity contribution in [3.05, 3.63) is 94.5 Å². The molecule has 1 aliphatic carbocycles. The lowest BCUT2D eigenvalue weighted by atomic mass is 9.93. The fraction of sp³-hybridized carbons (Fsp3) is 0.346. The highest BCUT2D eigenvalue weighted by Gasteiger charge is 2.45. The van der Waals surface area contributed by atoms with E-state index in [0.717, 1.165) is 12.8 Å². The number of aryl methyl sites for hydroxylation is 2. The van der Waals surface area contributed by atoms with E-state index >= 15 is 0 Å². The van der Waals surface area contributed by atoms with Gasteiger partial charge in [-0.3, -0.25) is 9.80 Å². The van der Waals surface area contributed by atoms with E-state index in [0.29, 0.717) is 26.5 Å². The molecule has 2 aromatic rings. The van der Waals surface area contributed by atoms with Gasteiger partial charge in [0, 0.05) is 6.20 Å². The highest BCUT2D eigenvalue weighted by Crippen LogP contribution is 2.41. The SMILES string of the molecule is O=C1/C2=C(\O)COC/C=C\N2N(C2c3ccccc3CCc3ccccc32)CN1C1COC1. The monoisotopic (exact) mass is 445 g/mol. The van der Waals surface area contributed by atoms with Gasteiger partial charge < -0.3 is 19.5 Å². The molecule has 7 heteroatoms. The second-order valence-corrected chi connectivity index (χ2v) is 8.89. The van der Waals surface area contributed by atoms with Crippen LogP contribution in [0.25, 0.3) is 0 Å². The van der Waals surface area contributed by atoms with Gasteiger partial charge in [-0.05, 0) is 41.2 Å². The molecule has 1 N–H and O–H groups in total. The zero-order chi connectivity index (χ0) is 22.4. The van der Waals surface area contributed by atoms with Crippen molar-refractivity contribution in [1.29, 1.82) is 0 Å². The number of aliphatic hydroxyl groups excluding tert-OH is 1. The third-order valence-electron chi connectivity index (χ3n) is 6.96. The van der Waals surface area contributed by atoms with Gasteiger partial charge >= 0.3 is 0 Å². The summed E-state index contributed by atoms with van der Waals surface area (Å²) >= 11 is 0. The molecule has 0 radical (unpaired) electrons. The van der Waals surface area contributed by atoms with E-state index in [-0.39, 0.29) is 36.1 Å². The summed E-state index contributed by atoms with van der Waals surface area (Å²) in [6.45, 7) is 1.80. The van der Waals surface area contributed by atoms with Crippen LogP contribution in [0.4, 0.5) is 0 Å². The van der Waals surface area contributed by atoms with Crippen LogP contribution in [0.15, 0.2) is 72.3 Å². The molecule has 0 unspecified atom stereocenters. The van der Waals surface area contributed by atoms with Crippen LogP contribution < -0.4 is 0 Å². The van der Waals surface area contributed by atoms with Gasteiger partial charge in [0.15, 0.2) is 5.70 Å². The van der Waals surface area contributed by atoms with Crippen molar-refractivity contribution in [1.82, 2.24) is 14.9 Å². The Morgan fingerprint density at radius 3 is 2.21 bits per heavy atom. The summed E-state index contributed by atoms with van der Waals surface area (Å²) in [4.78, 5) is 15.4. The molecule has 1 amide bonds. The quantitative estimate of drug-likeness (QED) is 0.767. The van der Waals surface area contributed by atoms with E-state index in [4.69, 9.17) is 9.47 Å². The van der Waals surface area contributed by atoms with Crippen LogP contribution in [0.1, 0.15) is 28.3 Å². The number of hydrogen-bond acceptors (Lipinski definition) is 6. The maximum Gasteiger partial charge on any atom is 0.277 e. The van der Waals surface area contributed by atoms with Crippen molar-refractivity contribution in [3.63, 3.8) is 0 Å². The number of nitrogens with zero attached hydrogens (tertiary/aromatic N) is 3. The molecule has 3 aliphatic heterocycles. The number of aliphatic hydroxyl groups is 1. The number of ether oxygens (including phenoxy) is 2. The number of rotatable bonds is 2. The van der Waals surface area contributed by atoms with Crippen molar-refractivity contribution in [2.45, 2.75) is 24.9 Å². The molecule has 0 bridgehead atoms. The van der Waals surface area contributed by atoms with Crippen molar-refractivity contribution in [3.8, 4) is 0 Å². The Morgan fingerprint density at radius 1 is 0.909 bits per heavy atom. The van der Waals surface area contributed by atoms with Gasteiger partial charge in [-0.25, -0.2) is 0 Å². The molecule has 2 fully saturated rings. The van der Waals surface area contributed by atoms with Gasteiger partial charge in [-0.2, -0.15) is 5.01 Å². The van der Waals surface area contributed by atoms with Gasteiger partial charge in [-0.15, -0.1) is 0 Å². The first-order valence-corrected chi connectivity index (χ1v) is 11.5. The van der Waals surface area contributed by atoms with Crippen molar-refractivity contribution >= 4 is 5.91 Å². The van der Waals surface area contributed by atoms with Gasteiger partial charge in [0.25, 0.3) is 5.91 Å². The predicted molar refractivity (Wildman–Crippen MR) is 122 cm³/mol. The summed E-state index contributed by atoms with van der Waals surface area (Å²) in [7, 11) is 0. The lowest BCUT2D eigenvalue weighted by Crippen LogP contribution is -2.63. The second kappa shape index (κ2) is 8.33. The third-order valence-corrected chi connectivity index (χ3v) is 6.96. The van der Waals surface area contributed by atoms with E-state index in [1.165, 1.54) is 22.3 Å². The van der Waals surface area contributed by atoms with Crippen LogP contribution in [-0.4, -0.2) is 65.1 Å². The fourth-order valence-corrected chi connectivity index (χ4v) is 5.21. The Kier molecular flexibility index (Phi) is 5.17. The standard InChI is InChI=1S/C26H27N3O4/c30-23-16-32-13-5-12-28-25(23)26(31)27(20-14-33-15-20)17-29(28)24-21-8-3-1-6-18(21)10-11-19-7-2-4-9-22(19)24/h1-9,12,20,24,30H,10-11,13-17H2/b12-5-,25-23+. The molecule has 0 spiro atoms. The minimum Gasteiger partial charge on any atom is -0.507 e. The number of fused-ring (bicyclic) bond motifs is 3. The maximum absolute atomic E-state index is 13.6. The molecule has 2 aromatic carbocycles. The average molecular weight is 446 g/mol. The average Bonchev–Trinajstić information content (AvgIpc) is 2.94. The minimum absolute atomic E-state index is 0.00258. The second-order valence-electron chi connectivity index (χ2n) is 8.89. The molecular weight excluding hydrogens is 418 g/mol. The lowest BCUT2D eigenvalue weighted by molar-refractivity contribution is -0.169. The number of hydrogen-bond donors (Lipinski definition) is 1. The first-order valence-electron chi connectivity index (χ1n) is 11.5. The molecule has 7 nitrogen and oxygen atoms in total. The van der Waals surface area contributed by atoms with Crippen LogP contribution in [0.2, 0.25) is 0 Å². The number of amides is 1. The molecule has 0 aromatic heterocycles. The van der Waals surface area contributed by atoms with Crippen LogP contribution in [0, 0.1) is 0 Å². The molecule has 4 aliphatic rings. The lowest BCUT2D eigenvalue weighted by Gasteiger charge is -2.51. The number of carbonyl (C=O) groups excluding carboxylic acids is 1. The highest BCUT2D eigenvalue weighted by molar-refractivity contribution is 5.94. The fourth-order valence-electron chi connectivity index (χ4n) is 5.21. The largest absolute Gasteiger partial charge is 0.507 e. The summed E-state index contributed by atoms with van der Waals surface area (Å²) in [6.07, 6.45) is 5.68. The predicted octanol–water partition coefficient (Wildman–Crippen LogP) is 2.91. The number of benzene rings is 2. The first-order chi connectivity index (χ1) is 16.2. The van der Waals surface area contributed by atoms with E-state index in [2.05, 4.69) is 53.5 Å². The zero-order valence-electron chi connectivity index (χ0n) is 18.4. The molecule has 2 saturated heterocycles. The Morgan fingerprint density at radius 2 is 1.58 bits per heavy atom. The van der Waals surface area contributed by atoms with Gasteiger partial charge in [-0.1, -0.05) is 48.5 Å². The smallest absolute Gasteiger partial charge is 0.277 e. The molecule has 170 valence electrons. The summed E-state index contributed by atoms with van der Waals surface area (Å²) in [5.74, 6) is -0.239. The van der Waals surface area contributed by atoms with Crippen LogP contribution in [0.5, 0.6) is 0 Å². The molecule has 6 rings (SSSR count). The summed E-state index contributed by atoms with van der Waals surface area (Å²) in [5.41, 5.74) is 5.33. The maximum atomic E-state index is 13.6. The van der Waals surface area contributed by atoms with Crippen LogP contribution >= 0.6 is 0 Å². The first kappa shape index (κ1) is 20.5. The minimum atomic E-state index is -0.192. The van der Waals surface area contributed by atoms with E-state index in [9.17, 15) is 9.90 Å². The normalized spacial score (nSPS) is 25.3. The Bertz CT molecular complexity index is 1090. The van der Waals surface area contributed by atoms with Crippen molar-refractivity contribution in [2.75, 3.05) is 33.1 Å². The Balaban J connectivity index is 1.54. The summed E-state index contributed by atoms with van der Waals surface area (Å²) < 4.78 is 10.9. The highest BCUT2D eigenvalue weighted by atomic mass is 16.5. The topological polar surface area (TPSA) is 65.5 Å². The Hall–Kier alpha value is -3.13. The van der Waals surface area contributed by atoms with Gasteiger partial charge in [0.2, 0.25) is 0 Å². The van der Waals surface area contributed by atoms with E-state index in [1.807, 2.05) is 22.2 Å². The summed E-state index contributed by atoms with van der Waals surface area (Å²) in [5, 5.41) is 15.0. The van der Waals surface area contributed by atoms with Crippen molar-refractivity contribution < 1.29 is 19.4 Å². The van der Waals surface area contributed by atoms with Crippen LogP contribution in [0.3, 0.4) is 0 Å². The van der Waals surface area contributed by atoms with E-state index < -0.39 is 0 Å². The molecule has 0 saturated carbocycles.